The van der Waals surface area contributed by atoms with E-state index >= 15 is 0 Å². The molecule has 1 aliphatic rings. The third kappa shape index (κ3) is 2.87. The molecule has 1 unspecified atom stereocenters. The van der Waals surface area contributed by atoms with Crippen molar-refractivity contribution in [2.24, 2.45) is 0 Å². The summed E-state index contributed by atoms with van der Waals surface area (Å²) in [6.07, 6.45) is 3.63. The van der Waals surface area contributed by atoms with Gasteiger partial charge in [-0.05, 0) is 31.4 Å². The molecule has 3 aromatic rings. The highest BCUT2D eigenvalue weighted by molar-refractivity contribution is 5.99. The Bertz CT molecular complexity index is 956. The van der Waals surface area contributed by atoms with Gasteiger partial charge in [0, 0.05) is 18.3 Å². The molecular formula is C18H19FN6O. The summed E-state index contributed by atoms with van der Waals surface area (Å²) in [7, 11) is 0. The molecule has 1 aromatic carbocycles. The van der Waals surface area contributed by atoms with Crippen LogP contribution in [0.15, 0.2) is 36.7 Å². The monoisotopic (exact) mass is 354 g/mol. The van der Waals surface area contributed by atoms with Crippen molar-refractivity contribution in [3.05, 3.63) is 48.2 Å². The van der Waals surface area contributed by atoms with Crippen molar-refractivity contribution in [1.29, 1.82) is 0 Å². The SMILES string of the molecule is CCc1cc(NC2CCCN(c3ccccc3F)C2=O)n2ncnc2n1. The fraction of sp³-hybridized carbons (Fsp3) is 0.333. The first-order valence-electron chi connectivity index (χ1n) is 8.69. The van der Waals surface area contributed by atoms with Crippen molar-refractivity contribution in [3.8, 4) is 0 Å². The highest BCUT2D eigenvalue weighted by Gasteiger charge is 2.31. The molecule has 1 atom stereocenters. The molecule has 26 heavy (non-hydrogen) atoms. The molecule has 8 heteroatoms. The van der Waals surface area contributed by atoms with Gasteiger partial charge in [0.2, 0.25) is 5.91 Å². The van der Waals surface area contributed by atoms with Gasteiger partial charge in [-0.15, -0.1) is 0 Å². The van der Waals surface area contributed by atoms with Gasteiger partial charge < -0.3 is 10.2 Å². The molecule has 1 amide bonds. The lowest BCUT2D eigenvalue weighted by Crippen LogP contribution is -2.48. The molecule has 0 aliphatic carbocycles. The van der Waals surface area contributed by atoms with Crippen LogP contribution in [-0.4, -0.2) is 38.1 Å². The summed E-state index contributed by atoms with van der Waals surface area (Å²) >= 11 is 0. The number of nitrogens with zero attached hydrogens (tertiary/aromatic N) is 5. The van der Waals surface area contributed by atoms with Gasteiger partial charge in [-0.3, -0.25) is 4.79 Å². The average molecular weight is 354 g/mol. The zero-order valence-electron chi connectivity index (χ0n) is 14.4. The molecule has 4 rings (SSSR count). The second kappa shape index (κ2) is 6.70. The van der Waals surface area contributed by atoms with E-state index in [0.717, 1.165) is 18.5 Å². The predicted molar refractivity (Wildman–Crippen MR) is 95.6 cm³/mol. The summed E-state index contributed by atoms with van der Waals surface area (Å²) in [5, 5.41) is 7.43. The van der Waals surface area contributed by atoms with Gasteiger partial charge in [0.15, 0.2) is 0 Å². The number of nitrogens with one attached hydrogen (secondary N) is 1. The molecule has 1 N–H and O–H groups in total. The number of fused-ring (bicyclic) bond motifs is 1. The zero-order valence-corrected chi connectivity index (χ0v) is 14.4. The van der Waals surface area contributed by atoms with E-state index in [1.807, 2.05) is 13.0 Å². The zero-order chi connectivity index (χ0) is 18.1. The number of carbonyl (C=O) groups excluding carboxylic acids is 1. The number of piperidine rings is 1. The van der Waals surface area contributed by atoms with Crippen LogP contribution in [0.5, 0.6) is 0 Å². The lowest BCUT2D eigenvalue weighted by Gasteiger charge is -2.33. The van der Waals surface area contributed by atoms with Gasteiger partial charge in [0.05, 0.1) is 5.69 Å². The predicted octanol–water partition coefficient (Wildman–Crippen LogP) is 2.43. The standard InChI is InChI=1S/C18H19FN6O/c1-2-12-10-16(25-18(22-12)20-11-21-25)23-14-7-5-9-24(17(14)26)15-8-4-3-6-13(15)19/h3-4,6,8,10-11,14,23H,2,5,7,9H2,1H3. The molecule has 2 aromatic heterocycles. The summed E-state index contributed by atoms with van der Waals surface area (Å²) in [5.41, 5.74) is 1.18. The smallest absolute Gasteiger partial charge is 0.254 e. The third-order valence-electron chi connectivity index (χ3n) is 4.57. The first-order valence-corrected chi connectivity index (χ1v) is 8.69. The number of hydrogen-bond donors (Lipinski definition) is 1. The Morgan fingerprint density at radius 2 is 2.19 bits per heavy atom. The maximum absolute atomic E-state index is 14.1. The van der Waals surface area contributed by atoms with Crippen LogP contribution in [0.3, 0.4) is 0 Å². The van der Waals surface area contributed by atoms with E-state index in [0.29, 0.717) is 30.2 Å². The van der Waals surface area contributed by atoms with E-state index < -0.39 is 11.9 Å². The highest BCUT2D eigenvalue weighted by Crippen LogP contribution is 2.25. The number of para-hydroxylation sites is 1. The summed E-state index contributed by atoms with van der Waals surface area (Å²) in [6, 6.07) is 7.77. The highest BCUT2D eigenvalue weighted by atomic mass is 19.1. The Labute approximate surface area is 149 Å². The average Bonchev–Trinajstić information content (AvgIpc) is 3.13. The molecule has 0 saturated carbocycles. The largest absolute Gasteiger partial charge is 0.358 e. The quantitative estimate of drug-likeness (QED) is 0.779. The first kappa shape index (κ1) is 16.4. The van der Waals surface area contributed by atoms with Gasteiger partial charge in [-0.2, -0.15) is 14.6 Å². The number of aryl methyl sites for hydroxylation is 1. The van der Waals surface area contributed by atoms with Crippen molar-refractivity contribution in [2.75, 3.05) is 16.8 Å². The van der Waals surface area contributed by atoms with E-state index in [1.165, 1.54) is 17.3 Å². The Morgan fingerprint density at radius 3 is 3.00 bits per heavy atom. The summed E-state index contributed by atoms with van der Waals surface area (Å²) in [5.74, 6) is 0.612. The van der Waals surface area contributed by atoms with E-state index in [9.17, 15) is 9.18 Å². The van der Waals surface area contributed by atoms with Crippen LogP contribution in [-0.2, 0) is 11.2 Å². The molecule has 1 saturated heterocycles. The Morgan fingerprint density at radius 1 is 1.35 bits per heavy atom. The summed E-state index contributed by atoms with van der Waals surface area (Å²) in [6.45, 7) is 2.51. The molecule has 134 valence electrons. The van der Waals surface area contributed by atoms with Gasteiger partial charge in [0.1, 0.15) is 24.0 Å². The van der Waals surface area contributed by atoms with Crippen molar-refractivity contribution >= 4 is 23.2 Å². The maximum atomic E-state index is 14.1. The van der Waals surface area contributed by atoms with Crippen LogP contribution in [0.1, 0.15) is 25.5 Å². The molecule has 7 nitrogen and oxygen atoms in total. The number of rotatable bonds is 4. The number of hydrogen-bond acceptors (Lipinski definition) is 5. The van der Waals surface area contributed by atoms with Gasteiger partial charge in [-0.1, -0.05) is 19.1 Å². The van der Waals surface area contributed by atoms with Crippen molar-refractivity contribution in [1.82, 2.24) is 19.6 Å². The minimum Gasteiger partial charge on any atom is -0.358 e. The molecule has 0 radical (unpaired) electrons. The molecular weight excluding hydrogens is 335 g/mol. The first-order chi connectivity index (χ1) is 12.7. The van der Waals surface area contributed by atoms with Gasteiger partial charge >= 0.3 is 0 Å². The Balaban J connectivity index is 1.64. The van der Waals surface area contributed by atoms with E-state index in [1.54, 1.807) is 22.7 Å². The molecule has 3 heterocycles. The topological polar surface area (TPSA) is 75.4 Å². The summed E-state index contributed by atoms with van der Waals surface area (Å²) in [4.78, 5) is 23.0. The lowest BCUT2D eigenvalue weighted by atomic mass is 10.0. The van der Waals surface area contributed by atoms with Gasteiger partial charge in [-0.25, -0.2) is 9.37 Å². The van der Waals surface area contributed by atoms with Crippen LogP contribution < -0.4 is 10.2 Å². The Kier molecular flexibility index (Phi) is 4.24. The number of aromatic nitrogens is 4. The number of amides is 1. The Hall–Kier alpha value is -3.03. The minimum atomic E-state index is -0.456. The number of halogens is 1. The normalized spacial score (nSPS) is 17.7. The number of benzene rings is 1. The van der Waals surface area contributed by atoms with Crippen molar-refractivity contribution < 1.29 is 9.18 Å². The van der Waals surface area contributed by atoms with Crippen LogP contribution in [0.2, 0.25) is 0 Å². The van der Waals surface area contributed by atoms with Crippen LogP contribution in [0, 0.1) is 5.82 Å². The molecule has 0 bridgehead atoms. The summed E-state index contributed by atoms with van der Waals surface area (Å²) < 4.78 is 15.7. The van der Waals surface area contributed by atoms with Crippen molar-refractivity contribution in [2.45, 2.75) is 32.2 Å². The van der Waals surface area contributed by atoms with E-state index in [-0.39, 0.29) is 5.91 Å². The molecule has 1 aliphatic heterocycles. The fourth-order valence-electron chi connectivity index (χ4n) is 3.24. The second-order valence-electron chi connectivity index (χ2n) is 6.24. The second-order valence-corrected chi connectivity index (χ2v) is 6.24. The minimum absolute atomic E-state index is 0.149. The van der Waals surface area contributed by atoms with E-state index in [2.05, 4.69) is 20.4 Å². The number of anilines is 2. The van der Waals surface area contributed by atoms with Gasteiger partial charge in [0.25, 0.3) is 5.78 Å². The van der Waals surface area contributed by atoms with Crippen molar-refractivity contribution in [3.63, 3.8) is 0 Å². The number of carbonyl (C=O) groups is 1. The fourth-order valence-corrected chi connectivity index (χ4v) is 3.24. The molecule has 0 spiro atoms. The molecule has 1 fully saturated rings. The van der Waals surface area contributed by atoms with Crippen LogP contribution >= 0.6 is 0 Å². The lowest BCUT2D eigenvalue weighted by molar-refractivity contribution is -0.120. The van der Waals surface area contributed by atoms with Crippen LogP contribution in [0.4, 0.5) is 15.9 Å². The third-order valence-corrected chi connectivity index (χ3v) is 4.57. The van der Waals surface area contributed by atoms with E-state index in [4.69, 9.17) is 0 Å². The maximum Gasteiger partial charge on any atom is 0.254 e. The van der Waals surface area contributed by atoms with Crippen LogP contribution in [0.25, 0.3) is 5.78 Å².